The van der Waals surface area contributed by atoms with Gasteiger partial charge in [0.1, 0.15) is 0 Å². The van der Waals surface area contributed by atoms with E-state index in [1.165, 1.54) is 12.8 Å². The number of ether oxygens (including phenoxy) is 2. The fraction of sp³-hybridized carbons (Fsp3) is 0.909. The predicted octanol–water partition coefficient (Wildman–Crippen LogP) is 2.14. The zero-order chi connectivity index (χ0) is 10.4. The molecule has 0 aromatic rings. The fourth-order valence-electron chi connectivity index (χ4n) is 1.38. The van der Waals surface area contributed by atoms with Gasteiger partial charge in [0.2, 0.25) is 0 Å². The van der Waals surface area contributed by atoms with Crippen molar-refractivity contribution < 1.29 is 14.3 Å². The topological polar surface area (TPSA) is 38.8 Å². The minimum atomic E-state index is -0.251. The summed E-state index contributed by atoms with van der Waals surface area (Å²) in [6.45, 7) is 5.43. The number of hydrogen-bond acceptors (Lipinski definition) is 3. The zero-order valence-electron chi connectivity index (χ0n) is 9.12. The summed E-state index contributed by atoms with van der Waals surface area (Å²) < 4.78 is 9.99. The Bertz CT molecular complexity index is 175. The van der Waals surface area contributed by atoms with Crippen LogP contribution in [0.5, 0.6) is 0 Å². The first kappa shape index (κ1) is 11.5. The fourth-order valence-corrected chi connectivity index (χ4v) is 1.38. The summed E-state index contributed by atoms with van der Waals surface area (Å²) in [5, 5.41) is 0. The van der Waals surface area contributed by atoms with E-state index in [1.807, 2.05) is 0 Å². The maximum Gasteiger partial charge on any atom is 0.337 e. The third kappa shape index (κ3) is 4.09. The number of carbonyl (C=O) groups excluding carboxylic acids is 1. The predicted molar refractivity (Wildman–Crippen MR) is 54.0 cm³/mol. The maximum absolute atomic E-state index is 11.2. The normalized spacial score (nSPS) is 21.7. The van der Waals surface area contributed by atoms with Crippen molar-refractivity contribution in [1.29, 1.82) is 0 Å². The van der Waals surface area contributed by atoms with E-state index in [2.05, 4.69) is 13.8 Å². The van der Waals surface area contributed by atoms with Gasteiger partial charge < -0.3 is 9.47 Å². The Hall–Kier alpha value is -0.570. The van der Waals surface area contributed by atoms with Crippen LogP contribution >= 0.6 is 0 Å². The molecule has 3 nitrogen and oxygen atoms in total. The molecule has 1 aliphatic heterocycles. The molecule has 0 aliphatic carbocycles. The van der Waals surface area contributed by atoms with Crippen LogP contribution in [0.3, 0.4) is 0 Å². The van der Waals surface area contributed by atoms with Gasteiger partial charge in [0.25, 0.3) is 0 Å². The lowest BCUT2D eigenvalue weighted by Gasteiger charge is -2.13. The maximum atomic E-state index is 11.2. The Morgan fingerprint density at radius 3 is 2.79 bits per heavy atom. The van der Waals surface area contributed by atoms with Crippen LogP contribution in [0.25, 0.3) is 0 Å². The summed E-state index contributed by atoms with van der Waals surface area (Å²) in [7, 11) is 0. The van der Waals surface area contributed by atoms with Crippen molar-refractivity contribution in [3.05, 3.63) is 0 Å². The van der Waals surface area contributed by atoms with Gasteiger partial charge in [-0.25, -0.2) is 4.79 Å². The first-order chi connectivity index (χ1) is 6.77. The number of rotatable bonds is 7. The summed E-state index contributed by atoms with van der Waals surface area (Å²) in [4.78, 5) is 11.2. The van der Waals surface area contributed by atoms with Gasteiger partial charge in [-0.3, -0.25) is 0 Å². The summed E-state index contributed by atoms with van der Waals surface area (Å²) in [5.41, 5.74) is 0. The molecule has 0 bridgehead atoms. The molecule has 1 aliphatic rings. The standard InChI is InChI=1S/C11H20O3/c1-3-5-6-9(4-2)7-14-11(12)10-8-13-10/h9-10H,3-8H2,1-2H3. The van der Waals surface area contributed by atoms with E-state index >= 15 is 0 Å². The third-order valence-electron chi connectivity index (χ3n) is 2.60. The number of carbonyl (C=O) groups is 1. The molecule has 0 spiro atoms. The van der Waals surface area contributed by atoms with Crippen molar-refractivity contribution in [1.82, 2.24) is 0 Å². The highest BCUT2D eigenvalue weighted by molar-refractivity contribution is 5.76. The smallest absolute Gasteiger partial charge is 0.337 e. The average Bonchev–Trinajstić information content (AvgIpc) is 3.01. The van der Waals surface area contributed by atoms with E-state index in [0.717, 1.165) is 12.8 Å². The van der Waals surface area contributed by atoms with Crippen molar-refractivity contribution >= 4 is 5.97 Å². The van der Waals surface area contributed by atoms with Gasteiger partial charge in [-0.15, -0.1) is 0 Å². The molecule has 2 unspecified atom stereocenters. The number of hydrogen-bond donors (Lipinski definition) is 0. The zero-order valence-corrected chi connectivity index (χ0v) is 9.12. The average molecular weight is 200 g/mol. The van der Waals surface area contributed by atoms with Crippen LogP contribution < -0.4 is 0 Å². The second kappa shape index (κ2) is 6.02. The monoisotopic (exact) mass is 200 g/mol. The molecule has 1 saturated heterocycles. The van der Waals surface area contributed by atoms with Crippen molar-refractivity contribution in [2.24, 2.45) is 5.92 Å². The second-order valence-electron chi connectivity index (χ2n) is 3.87. The minimum Gasteiger partial charge on any atom is -0.463 e. The molecule has 14 heavy (non-hydrogen) atoms. The molecule has 1 rings (SSSR count). The van der Waals surface area contributed by atoms with Crippen molar-refractivity contribution in [3.63, 3.8) is 0 Å². The molecular weight excluding hydrogens is 180 g/mol. The highest BCUT2D eigenvalue weighted by atomic mass is 16.6. The number of unbranched alkanes of at least 4 members (excludes halogenated alkanes) is 1. The van der Waals surface area contributed by atoms with Gasteiger partial charge in [-0.2, -0.15) is 0 Å². The highest BCUT2D eigenvalue weighted by Crippen LogP contribution is 2.15. The summed E-state index contributed by atoms with van der Waals surface area (Å²) in [6, 6.07) is 0. The van der Waals surface area contributed by atoms with E-state index in [0.29, 0.717) is 19.1 Å². The molecule has 1 fully saturated rings. The Labute approximate surface area is 85.8 Å². The Morgan fingerprint density at radius 1 is 1.57 bits per heavy atom. The Kier molecular flexibility index (Phi) is 4.94. The van der Waals surface area contributed by atoms with Crippen LogP contribution in [-0.2, 0) is 14.3 Å². The number of esters is 1. The molecule has 2 atom stereocenters. The lowest BCUT2D eigenvalue weighted by molar-refractivity contribution is -0.146. The second-order valence-corrected chi connectivity index (χ2v) is 3.87. The molecule has 0 saturated carbocycles. The number of epoxide rings is 1. The largest absolute Gasteiger partial charge is 0.463 e. The minimum absolute atomic E-state index is 0.181. The SMILES string of the molecule is CCCCC(CC)COC(=O)C1CO1. The van der Waals surface area contributed by atoms with Gasteiger partial charge >= 0.3 is 5.97 Å². The van der Waals surface area contributed by atoms with Crippen molar-refractivity contribution in [2.45, 2.75) is 45.6 Å². The third-order valence-corrected chi connectivity index (χ3v) is 2.60. The van der Waals surface area contributed by atoms with Gasteiger partial charge in [-0.05, 0) is 12.3 Å². The first-order valence-electron chi connectivity index (χ1n) is 5.56. The van der Waals surface area contributed by atoms with Gasteiger partial charge in [0.15, 0.2) is 6.10 Å². The molecule has 82 valence electrons. The van der Waals surface area contributed by atoms with Crippen LogP contribution in [0.2, 0.25) is 0 Å². The summed E-state index contributed by atoms with van der Waals surface area (Å²) in [6.07, 6.45) is 4.41. The van der Waals surface area contributed by atoms with E-state index in [1.54, 1.807) is 0 Å². The molecule has 1 heterocycles. The van der Waals surface area contributed by atoms with E-state index in [-0.39, 0.29) is 12.1 Å². The summed E-state index contributed by atoms with van der Waals surface area (Å²) >= 11 is 0. The van der Waals surface area contributed by atoms with Gasteiger partial charge in [0, 0.05) is 0 Å². The lowest BCUT2D eigenvalue weighted by Crippen LogP contribution is -2.17. The Balaban J connectivity index is 2.09. The molecule has 0 amide bonds. The highest BCUT2D eigenvalue weighted by Gasteiger charge is 2.33. The Morgan fingerprint density at radius 2 is 2.29 bits per heavy atom. The first-order valence-corrected chi connectivity index (χ1v) is 5.56. The van der Waals surface area contributed by atoms with Crippen LogP contribution in [0, 0.1) is 5.92 Å². The van der Waals surface area contributed by atoms with Gasteiger partial charge in [0.05, 0.1) is 13.2 Å². The van der Waals surface area contributed by atoms with E-state index in [9.17, 15) is 4.79 Å². The molecule has 0 N–H and O–H groups in total. The molecule has 0 aromatic carbocycles. The van der Waals surface area contributed by atoms with Crippen LogP contribution in [0.15, 0.2) is 0 Å². The van der Waals surface area contributed by atoms with E-state index < -0.39 is 0 Å². The van der Waals surface area contributed by atoms with Crippen LogP contribution in [-0.4, -0.2) is 25.3 Å². The molecule has 0 radical (unpaired) electrons. The van der Waals surface area contributed by atoms with Crippen molar-refractivity contribution in [2.75, 3.05) is 13.2 Å². The molecule has 3 heteroatoms. The molecule has 0 aromatic heterocycles. The van der Waals surface area contributed by atoms with Gasteiger partial charge in [-0.1, -0.05) is 33.1 Å². The molecular formula is C11H20O3. The van der Waals surface area contributed by atoms with Crippen molar-refractivity contribution in [3.8, 4) is 0 Å². The lowest BCUT2D eigenvalue weighted by atomic mass is 10.0. The van der Waals surface area contributed by atoms with E-state index in [4.69, 9.17) is 9.47 Å². The van der Waals surface area contributed by atoms with Crippen LogP contribution in [0.4, 0.5) is 0 Å². The van der Waals surface area contributed by atoms with Crippen LogP contribution in [0.1, 0.15) is 39.5 Å². The summed E-state index contributed by atoms with van der Waals surface area (Å²) in [5.74, 6) is 0.345. The quantitative estimate of drug-likeness (QED) is 0.467.